The third-order valence-corrected chi connectivity index (χ3v) is 11.8. The van der Waals surface area contributed by atoms with E-state index in [-0.39, 0.29) is 24.8 Å². The van der Waals surface area contributed by atoms with Crippen LogP contribution in [0, 0.1) is 35.0 Å². The molecule has 6 rings (SSSR count). The van der Waals surface area contributed by atoms with Crippen molar-refractivity contribution in [1.29, 1.82) is 0 Å². The highest BCUT2D eigenvalue weighted by Gasteiger charge is 2.80. The number of ether oxygens (including phenoxy) is 2. The molecule has 1 aromatic carbocycles. The first-order chi connectivity index (χ1) is 22.2. The normalized spacial score (nSPS) is 40.9. The van der Waals surface area contributed by atoms with Crippen LogP contribution in [0.3, 0.4) is 0 Å². The zero-order chi connectivity index (χ0) is 34.1. The van der Waals surface area contributed by atoms with Crippen LogP contribution >= 0.6 is 0 Å². The van der Waals surface area contributed by atoms with Crippen molar-refractivity contribution in [3.05, 3.63) is 82.6 Å². The van der Waals surface area contributed by atoms with Crippen molar-refractivity contribution in [2.75, 3.05) is 20.7 Å². The Morgan fingerprint density at radius 2 is 1.89 bits per heavy atom. The average molecular weight is 648 g/mol. The number of likely N-dealkylation sites (N-methyl/N-ethyl adjacent to an activating group) is 1. The Balaban J connectivity index is 1.29. The summed E-state index contributed by atoms with van der Waals surface area (Å²) in [5.74, 6) is -0.0572. The van der Waals surface area contributed by atoms with Crippen molar-refractivity contribution in [2.45, 2.75) is 82.4 Å². The largest absolute Gasteiger partial charge is 0.390 e. The molecule has 1 saturated heterocycles. The number of hydrogen-bond donors (Lipinski definition) is 2. The van der Waals surface area contributed by atoms with Crippen molar-refractivity contribution in [2.24, 2.45) is 22.7 Å². The van der Waals surface area contributed by atoms with Gasteiger partial charge in [0.2, 0.25) is 0 Å². The van der Waals surface area contributed by atoms with Crippen molar-refractivity contribution in [1.82, 2.24) is 4.90 Å². The topological polar surface area (TPSA) is 96.3 Å². The first-order valence-corrected chi connectivity index (χ1v) is 16.2. The quantitative estimate of drug-likeness (QED) is 0.321. The minimum Gasteiger partial charge on any atom is -0.390 e. The Kier molecular flexibility index (Phi) is 8.28. The maximum Gasteiger partial charge on any atom is 0.193 e. The Labute approximate surface area is 275 Å². The number of rotatable bonds is 7. The van der Waals surface area contributed by atoms with Gasteiger partial charge in [0.05, 0.1) is 12.2 Å². The summed E-state index contributed by atoms with van der Waals surface area (Å²) < 4.78 is 46.4. The standard InChI is InChI=1S/C38H43F2NO6/c1-7-8-25(41(5)6)16-22(2)15-23-9-11-24(12-10-23)34-46-33-19-27-28-18-30(39)29-17-26(43)13-14-35(29,3)37(28,40)31(44)20-36(27,4)38(33,47-34)32(45)21-42/h1,8-14,16-17,27-28,30-31,33-34,42,44H,15,18-21H2,2-6H3/b22-16+,25-8+/t27-,28-,30-,31-,33+,34+,35-,36-,37-,38+/m0/s1. The fourth-order valence-electron chi connectivity index (χ4n) is 9.52. The third kappa shape index (κ3) is 4.74. The molecule has 2 N–H and O–H groups in total. The van der Waals surface area contributed by atoms with Gasteiger partial charge in [0, 0.05) is 48.2 Å². The molecule has 47 heavy (non-hydrogen) atoms. The van der Waals surface area contributed by atoms with E-state index < -0.39 is 76.8 Å². The van der Waals surface area contributed by atoms with E-state index in [1.165, 1.54) is 19.1 Å². The van der Waals surface area contributed by atoms with E-state index in [2.05, 4.69) is 5.92 Å². The van der Waals surface area contributed by atoms with Gasteiger partial charge in [-0.2, -0.15) is 0 Å². The molecule has 3 saturated carbocycles. The Hall–Kier alpha value is -3.42. The van der Waals surface area contributed by atoms with Crippen LogP contribution in [0.25, 0.3) is 0 Å². The number of halogens is 2. The fraction of sp³-hybridized carbons (Fsp3) is 0.526. The Morgan fingerprint density at radius 1 is 1.19 bits per heavy atom. The van der Waals surface area contributed by atoms with E-state index >= 15 is 8.78 Å². The van der Waals surface area contributed by atoms with Gasteiger partial charge >= 0.3 is 0 Å². The van der Waals surface area contributed by atoms with E-state index in [0.29, 0.717) is 12.0 Å². The van der Waals surface area contributed by atoms with Crippen LogP contribution in [-0.2, 0) is 25.5 Å². The lowest BCUT2D eigenvalue weighted by Gasteiger charge is -2.63. The van der Waals surface area contributed by atoms with Gasteiger partial charge in [-0.25, -0.2) is 8.78 Å². The van der Waals surface area contributed by atoms with E-state index in [1.807, 2.05) is 56.3 Å². The minimum atomic E-state index is -2.30. The predicted molar refractivity (Wildman–Crippen MR) is 172 cm³/mol. The van der Waals surface area contributed by atoms with E-state index in [4.69, 9.17) is 15.9 Å². The van der Waals surface area contributed by atoms with Gasteiger partial charge in [0.15, 0.2) is 29.1 Å². The highest BCUT2D eigenvalue weighted by molar-refractivity contribution is 6.01. The smallest absolute Gasteiger partial charge is 0.193 e. The molecule has 10 atom stereocenters. The number of alkyl halides is 2. The van der Waals surface area contributed by atoms with Crippen molar-refractivity contribution in [3.63, 3.8) is 0 Å². The summed E-state index contributed by atoms with van der Waals surface area (Å²) in [5.41, 5.74) is -2.91. The van der Waals surface area contributed by atoms with Crippen molar-refractivity contribution < 1.29 is 38.1 Å². The first-order valence-electron chi connectivity index (χ1n) is 16.2. The summed E-state index contributed by atoms with van der Waals surface area (Å²) in [7, 11) is 3.85. The Morgan fingerprint density at radius 3 is 2.53 bits per heavy atom. The molecule has 1 aromatic rings. The highest BCUT2D eigenvalue weighted by Crippen LogP contribution is 2.72. The highest BCUT2D eigenvalue weighted by atomic mass is 19.1. The molecule has 0 aromatic heterocycles. The van der Waals surface area contributed by atoms with E-state index in [1.54, 1.807) is 13.0 Å². The molecule has 0 spiro atoms. The number of carbonyl (C=O) groups is 2. The van der Waals surface area contributed by atoms with E-state index in [0.717, 1.165) is 22.9 Å². The number of aliphatic hydroxyl groups is 2. The molecule has 0 bridgehead atoms. The molecule has 1 aliphatic heterocycles. The van der Waals surface area contributed by atoms with Gasteiger partial charge in [-0.1, -0.05) is 48.8 Å². The van der Waals surface area contributed by atoms with Crippen molar-refractivity contribution >= 4 is 11.6 Å². The summed E-state index contributed by atoms with van der Waals surface area (Å²) in [4.78, 5) is 27.8. The van der Waals surface area contributed by atoms with Crippen LogP contribution in [0.2, 0.25) is 0 Å². The first kappa shape index (κ1) is 33.5. The zero-order valence-corrected chi connectivity index (χ0v) is 27.5. The summed E-state index contributed by atoms with van der Waals surface area (Å²) in [6, 6.07) is 7.66. The average Bonchev–Trinajstić information content (AvgIpc) is 3.52. The van der Waals surface area contributed by atoms with Gasteiger partial charge in [-0.3, -0.25) is 9.59 Å². The second-order valence-electron chi connectivity index (χ2n) is 14.5. The maximum absolute atomic E-state index is 17.6. The van der Waals surface area contributed by atoms with Gasteiger partial charge < -0.3 is 24.6 Å². The molecule has 5 aliphatic rings. The molecular formula is C38H43F2NO6. The number of carbonyl (C=O) groups excluding carboxylic acids is 2. The minimum absolute atomic E-state index is 0.0367. The molecule has 1 heterocycles. The van der Waals surface area contributed by atoms with Crippen LogP contribution in [-0.4, -0.2) is 77.0 Å². The molecule has 4 aliphatic carbocycles. The van der Waals surface area contributed by atoms with Gasteiger partial charge in [0.25, 0.3) is 0 Å². The SMILES string of the molecule is C#C/C=C(\C=C(/C)Cc1ccc([C@@H]2O[C@@H]3C[C@H]4[C@@H]5C[C@H](F)C6=CC(=O)C=C[C@]6(C)[C@@]5(F)[C@@H](O)C[C@]4(C)[C@]3(C(=O)CO)O2)cc1)N(C)C. The maximum atomic E-state index is 17.6. The number of nitrogens with zero attached hydrogens (tertiary/aromatic N) is 1. The van der Waals surface area contributed by atoms with Crippen LogP contribution in [0.5, 0.6) is 0 Å². The van der Waals surface area contributed by atoms with Gasteiger partial charge in [-0.15, -0.1) is 6.42 Å². The number of aliphatic hydroxyl groups excluding tert-OH is 2. The zero-order valence-electron chi connectivity index (χ0n) is 27.5. The summed E-state index contributed by atoms with van der Waals surface area (Å²) >= 11 is 0. The number of ketones is 2. The number of fused-ring (bicyclic) bond motifs is 7. The van der Waals surface area contributed by atoms with Crippen LogP contribution in [0.1, 0.15) is 57.5 Å². The number of hydrogen-bond acceptors (Lipinski definition) is 7. The lowest BCUT2D eigenvalue weighted by molar-refractivity contribution is -0.235. The number of Topliss-reactive ketones (excluding diaryl/α,β-unsaturated/α-hetero) is 1. The summed E-state index contributed by atoms with van der Waals surface area (Å²) in [6.45, 7) is 4.51. The van der Waals surface area contributed by atoms with Gasteiger partial charge in [-0.05, 0) is 74.8 Å². The summed E-state index contributed by atoms with van der Waals surface area (Å²) in [5, 5.41) is 21.9. The lowest BCUT2D eigenvalue weighted by atomic mass is 9.44. The number of terminal acetylenes is 1. The fourth-order valence-corrected chi connectivity index (χ4v) is 9.52. The number of benzene rings is 1. The van der Waals surface area contributed by atoms with Crippen molar-refractivity contribution in [3.8, 4) is 12.3 Å². The van der Waals surface area contributed by atoms with E-state index in [9.17, 15) is 19.8 Å². The molecule has 7 nitrogen and oxygen atoms in total. The predicted octanol–water partition coefficient (Wildman–Crippen LogP) is 4.90. The van der Waals surface area contributed by atoms with Crippen LogP contribution in [0.4, 0.5) is 8.78 Å². The molecular weight excluding hydrogens is 604 g/mol. The summed E-state index contributed by atoms with van der Waals surface area (Å²) in [6.07, 6.45) is 8.44. The van der Waals surface area contributed by atoms with Gasteiger partial charge in [0.1, 0.15) is 12.8 Å². The lowest BCUT2D eigenvalue weighted by Crippen LogP contribution is -2.70. The molecule has 0 radical (unpaired) electrons. The van der Waals surface area contributed by atoms with Crippen LogP contribution in [0.15, 0.2) is 71.5 Å². The molecule has 9 heteroatoms. The second kappa shape index (κ2) is 11.6. The molecule has 250 valence electrons. The Bertz CT molecular complexity index is 1640. The third-order valence-electron chi connectivity index (χ3n) is 11.8. The molecule has 4 fully saturated rings. The monoisotopic (exact) mass is 647 g/mol. The molecule has 0 amide bonds. The molecule has 0 unspecified atom stereocenters. The van der Waals surface area contributed by atoms with Crippen LogP contribution < -0.4 is 0 Å². The number of allylic oxidation sites excluding steroid dienone is 7. The second-order valence-corrected chi connectivity index (χ2v) is 14.5.